The van der Waals surface area contributed by atoms with Crippen LogP contribution in [0.25, 0.3) is 10.9 Å². The number of likely N-dealkylation sites (tertiary alicyclic amines) is 1. The Kier molecular flexibility index (Phi) is 4.72. The van der Waals surface area contributed by atoms with E-state index >= 15 is 0 Å². The molecule has 3 aromatic rings. The molecule has 3 heterocycles. The van der Waals surface area contributed by atoms with E-state index in [1.54, 1.807) is 0 Å². The van der Waals surface area contributed by atoms with Crippen molar-refractivity contribution in [1.29, 1.82) is 0 Å². The van der Waals surface area contributed by atoms with Crippen molar-refractivity contribution in [3.8, 4) is 0 Å². The minimum Gasteiger partial charge on any atom is -0.383 e. The Morgan fingerprint density at radius 3 is 2.48 bits per heavy atom. The summed E-state index contributed by atoms with van der Waals surface area (Å²) in [5, 5.41) is 13.1. The lowest BCUT2D eigenvalue weighted by molar-refractivity contribution is -0.151. The maximum atomic E-state index is 11.8. The molecule has 152 valence electrons. The number of aliphatic hydroxyl groups is 1. The first-order valence-electron chi connectivity index (χ1n) is 11.0. The molecule has 2 aromatic heterocycles. The predicted molar refractivity (Wildman–Crippen MR) is 117 cm³/mol. The largest absolute Gasteiger partial charge is 0.383 e. The van der Waals surface area contributed by atoms with Crippen LogP contribution in [0.2, 0.25) is 0 Å². The van der Waals surface area contributed by atoms with Crippen LogP contribution in [0, 0.1) is 11.8 Å². The maximum Gasteiger partial charge on any atom is 0.114 e. The van der Waals surface area contributed by atoms with Gasteiger partial charge in [0.05, 0.1) is 5.69 Å². The summed E-state index contributed by atoms with van der Waals surface area (Å²) >= 11 is 0. The van der Waals surface area contributed by atoms with E-state index in [1.807, 2.05) is 24.4 Å². The number of pyridine rings is 1. The molecule has 4 nitrogen and oxygen atoms in total. The topological polar surface area (TPSA) is 41.3 Å². The molecule has 1 saturated carbocycles. The fraction of sp³-hybridized carbons (Fsp3) is 0.480. The highest BCUT2D eigenvalue weighted by Crippen LogP contribution is 2.48. The minimum atomic E-state index is -0.776. The van der Waals surface area contributed by atoms with Gasteiger partial charge in [-0.25, -0.2) is 0 Å². The Labute approximate surface area is 173 Å². The number of aromatic nitrogens is 2. The third kappa shape index (κ3) is 3.10. The van der Waals surface area contributed by atoms with Crippen molar-refractivity contribution in [2.24, 2.45) is 11.8 Å². The molecule has 1 N–H and O–H groups in total. The van der Waals surface area contributed by atoms with Crippen LogP contribution in [0.5, 0.6) is 0 Å². The summed E-state index contributed by atoms with van der Waals surface area (Å²) in [5.74, 6) is 0.506. The van der Waals surface area contributed by atoms with Crippen molar-refractivity contribution in [1.82, 2.24) is 14.5 Å². The molecule has 1 aliphatic heterocycles. The van der Waals surface area contributed by atoms with Crippen LogP contribution in [-0.2, 0) is 12.1 Å². The highest BCUT2D eigenvalue weighted by atomic mass is 16.3. The fourth-order valence-electron chi connectivity index (χ4n) is 5.76. The predicted octanol–water partition coefficient (Wildman–Crippen LogP) is 4.74. The quantitative estimate of drug-likeness (QED) is 0.701. The number of hydrogen-bond donors (Lipinski definition) is 1. The second-order valence-electron chi connectivity index (χ2n) is 9.23. The van der Waals surface area contributed by atoms with Crippen LogP contribution in [0.1, 0.15) is 50.4 Å². The third-order valence-corrected chi connectivity index (χ3v) is 7.16. The van der Waals surface area contributed by atoms with Gasteiger partial charge in [-0.15, -0.1) is 0 Å². The Morgan fingerprint density at radius 1 is 1.07 bits per heavy atom. The van der Waals surface area contributed by atoms with Gasteiger partial charge < -0.3 is 9.67 Å². The van der Waals surface area contributed by atoms with Gasteiger partial charge >= 0.3 is 0 Å². The summed E-state index contributed by atoms with van der Waals surface area (Å²) < 4.78 is 2.39. The number of para-hydroxylation sites is 1. The molecule has 0 unspecified atom stereocenters. The number of piperidine rings is 1. The van der Waals surface area contributed by atoms with E-state index in [-0.39, 0.29) is 11.8 Å². The number of nitrogens with zero attached hydrogens (tertiary/aromatic N) is 3. The van der Waals surface area contributed by atoms with E-state index in [2.05, 4.69) is 58.8 Å². The first kappa shape index (κ1) is 18.8. The molecule has 1 aromatic carbocycles. The van der Waals surface area contributed by atoms with Crippen molar-refractivity contribution in [3.63, 3.8) is 0 Å². The van der Waals surface area contributed by atoms with Gasteiger partial charge in [-0.05, 0) is 50.5 Å². The van der Waals surface area contributed by atoms with E-state index in [0.717, 1.165) is 38.2 Å². The van der Waals surface area contributed by atoms with Crippen molar-refractivity contribution >= 4 is 10.9 Å². The van der Waals surface area contributed by atoms with Crippen molar-refractivity contribution in [3.05, 3.63) is 66.1 Å². The van der Waals surface area contributed by atoms with Gasteiger partial charge in [0.1, 0.15) is 5.60 Å². The first-order valence-corrected chi connectivity index (χ1v) is 11.0. The molecule has 2 bridgehead atoms. The molecule has 2 fully saturated rings. The molecule has 0 amide bonds. The Bertz CT molecular complexity index is 980. The number of hydrogen-bond acceptors (Lipinski definition) is 3. The normalized spacial score (nSPS) is 27.6. The van der Waals surface area contributed by atoms with Crippen LogP contribution in [-0.4, -0.2) is 32.6 Å². The summed E-state index contributed by atoms with van der Waals surface area (Å²) in [6, 6.07) is 15.1. The lowest BCUT2D eigenvalue weighted by Crippen LogP contribution is -2.58. The smallest absolute Gasteiger partial charge is 0.114 e. The first-order chi connectivity index (χ1) is 14.1. The summed E-state index contributed by atoms with van der Waals surface area (Å²) in [7, 11) is 0. The number of benzene rings is 1. The van der Waals surface area contributed by atoms with Crippen molar-refractivity contribution < 1.29 is 5.11 Å². The molecule has 1 aliphatic carbocycles. The van der Waals surface area contributed by atoms with Gasteiger partial charge in [0.25, 0.3) is 0 Å². The molecule has 2 atom stereocenters. The van der Waals surface area contributed by atoms with E-state index in [0.29, 0.717) is 6.04 Å². The average molecular weight is 390 g/mol. The molecule has 0 radical (unpaired) electrons. The zero-order valence-corrected chi connectivity index (χ0v) is 17.5. The lowest BCUT2D eigenvalue weighted by atomic mass is 9.64. The van der Waals surface area contributed by atoms with Crippen LogP contribution >= 0.6 is 0 Å². The number of fused-ring (bicyclic) bond motifs is 3. The SMILES string of the molecule is CC(C)n1cc(CN2C[C@H]3CCC[C@H](C2)C3(O)c2ccccn2)c2ccccc21. The van der Waals surface area contributed by atoms with Gasteiger partial charge in [-0.1, -0.05) is 30.7 Å². The zero-order chi connectivity index (χ0) is 20.0. The molecule has 2 aliphatic rings. The zero-order valence-electron chi connectivity index (χ0n) is 17.5. The molecule has 29 heavy (non-hydrogen) atoms. The van der Waals surface area contributed by atoms with Gasteiger partial charge in [0, 0.05) is 60.8 Å². The van der Waals surface area contributed by atoms with Crippen LogP contribution in [0.3, 0.4) is 0 Å². The van der Waals surface area contributed by atoms with Gasteiger partial charge in [-0.3, -0.25) is 9.88 Å². The Hall–Kier alpha value is -2.17. The standard InChI is InChI=1S/C25H31N3O/c1-18(2)28-15-19(22-10-3-4-11-23(22)28)14-27-16-20-8-7-9-21(17-27)25(20,29)24-12-5-6-13-26-24/h3-6,10-13,15,18,20-21,29H,7-9,14,16-17H2,1-2H3/t20-,21-/m1/s1. The van der Waals surface area contributed by atoms with Gasteiger partial charge in [-0.2, -0.15) is 0 Å². The highest BCUT2D eigenvalue weighted by Gasteiger charge is 2.52. The molecular weight excluding hydrogens is 358 g/mol. The Morgan fingerprint density at radius 2 is 1.79 bits per heavy atom. The second kappa shape index (κ2) is 7.26. The summed E-state index contributed by atoms with van der Waals surface area (Å²) in [4.78, 5) is 7.13. The minimum absolute atomic E-state index is 0.253. The monoisotopic (exact) mass is 389 g/mol. The fourth-order valence-corrected chi connectivity index (χ4v) is 5.76. The second-order valence-corrected chi connectivity index (χ2v) is 9.23. The van der Waals surface area contributed by atoms with E-state index < -0.39 is 5.60 Å². The molecule has 5 rings (SSSR count). The summed E-state index contributed by atoms with van der Waals surface area (Å²) in [6.07, 6.45) is 7.52. The van der Waals surface area contributed by atoms with Gasteiger partial charge in [0.15, 0.2) is 0 Å². The van der Waals surface area contributed by atoms with Gasteiger partial charge in [0.2, 0.25) is 0 Å². The van der Waals surface area contributed by atoms with E-state index in [4.69, 9.17) is 0 Å². The lowest BCUT2D eigenvalue weighted by Gasteiger charge is -2.52. The van der Waals surface area contributed by atoms with E-state index in [1.165, 1.54) is 22.9 Å². The molecule has 1 saturated heterocycles. The molecular formula is C25H31N3O. The molecule has 0 spiro atoms. The van der Waals surface area contributed by atoms with Crippen LogP contribution in [0.15, 0.2) is 54.9 Å². The maximum absolute atomic E-state index is 11.8. The van der Waals surface area contributed by atoms with Crippen molar-refractivity contribution in [2.75, 3.05) is 13.1 Å². The third-order valence-electron chi connectivity index (χ3n) is 7.16. The van der Waals surface area contributed by atoms with E-state index in [9.17, 15) is 5.11 Å². The highest BCUT2D eigenvalue weighted by molar-refractivity contribution is 5.84. The summed E-state index contributed by atoms with van der Waals surface area (Å²) in [5.41, 5.74) is 2.81. The average Bonchev–Trinajstić information content (AvgIpc) is 3.08. The van der Waals surface area contributed by atoms with Crippen LogP contribution in [0.4, 0.5) is 0 Å². The molecule has 4 heteroatoms. The van der Waals surface area contributed by atoms with Crippen LogP contribution < -0.4 is 0 Å². The van der Waals surface area contributed by atoms with Crippen molar-refractivity contribution in [2.45, 2.75) is 51.3 Å². The Balaban J connectivity index is 1.44. The summed E-state index contributed by atoms with van der Waals surface area (Å²) in [6.45, 7) is 7.31. The number of rotatable bonds is 4.